The van der Waals surface area contributed by atoms with Gasteiger partial charge in [0.15, 0.2) is 5.79 Å². The molecule has 0 bridgehead atoms. The molecule has 2 aliphatic heterocycles. The molecule has 0 N–H and O–H groups in total. The zero-order chi connectivity index (χ0) is 13.3. The molecule has 1 aromatic carbocycles. The van der Waals surface area contributed by atoms with Crippen LogP contribution in [0.2, 0.25) is 0 Å². The maximum absolute atomic E-state index is 5.90. The van der Waals surface area contributed by atoms with E-state index in [0.717, 1.165) is 6.42 Å². The maximum atomic E-state index is 5.90. The molecule has 3 unspecified atom stereocenters. The molecule has 1 saturated heterocycles. The fourth-order valence-corrected chi connectivity index (χ4v) is 2.75. The van der Waals surface area contributed by atoms with E-state index in [0.29, 0.717) is 13.2 Å². The Labute approximate surface area is 114 Å². The molecule has 0 aromatic heterocycles. The standard InChI is InChI=1S/C16H20O3/c1-12-11-18-16(2,19-12)15-10-14(8-9-17-15)13-6-4-3-5-7-13/h3-8,12,15H,9-11H2,1-2H3. The minimum Gasteiger partial charge on any atom is -0.368 e. The lowest BCUT2D eigenvalue weighted by Crippen LogP contribution is -2.44. The summed E-state index contributed by atoms with van der Waals surface area (Å²) in [5.74, 6) is -0.617. The molecule has 0 radical (unpaired) electrons. The fraction of sp³-hybridized carbons (Fsp3) is 0.500. The molecular weight excluding hydrogens is 240 g/mol. The highest BCUT2D eigenvalue weighted by Crippen LogP contribution is 2.36. The average molecular weight is 260 g/mol. The van der Waals surface area contributed by atoms with Gasteiger partial charge in [0.05, 0.1) is 19.3 Å². The summed E-state index contributed by atoms with van der Waals surface area (Å²) in [6.07, 6.45) is 3.07. The van der Waals surface area contributed by atoms with Gasteiger partial charge in [0.25, 0.3) is 0 Å². The first kappa shape index (κ1) is 12.9. The van der Waals surface area contributed by atoms with Gasteiger partial charge in [-0.25, -0.2) is 0 Å². The molecule has 19 heavy (non-hydrogen) atoms. The van der Waals surface area contributed by atoms with Gasteiger partial charge in [0.1, 0.15) is 6.10 Å². The van der Waals surface area contributed by atoms with Crippen LogP contribution in [-0.4, -0.2) is 31.2 Å². The van der Waals surface area contributed by atoms with Crippen molar-refractivity contribution in [1.82, 2.24) is 0 Å². The Morgan fingerprint density at radius 2 is 2.00 bits per heavy atom. The van der Waals surface area contributed by atoms with Crippen molar-refractivity contribution in [3.05, 3.63) is 42.0 Å². The summed E-state index contributed by atoms with van der Waals surface area (Å²) < 4.78 is 17.5. The average Bonchev–Trinajstić information content (AvgIpc) is 2.81. The summed E-state index contributed by atoms with van der Waals surface area (Å²) >= 11 is 0. The van der Waals surface area contributed by atoms with E-state index in [2.05, 4.69) is 30.3 Å². The van der Waals surface area contributed by atoms with E-state index >= 15 is 0 Å². The Kier molecular flexibility index (Phi) is 3.44. The van der Waals surface area contributed by atoms with E-state index in [1.54, 1.807) is 0 Å². The normalized spacial score (nSPS) is 35.2. The molecule has 3 atom stereocenters. The largest absolute Gasteiger partial charge is 0.368 e. The van der Waals surface area contributed by atoms with Crippen molar-refractivity contribution >= 4 is 5.57 Å². The third-order valence-corrected chi connectivity index (χ3v) is 3.80. The fourth-order valence-electron chi connectivity index (χ4n) is 2.75. The summed E-state index contributed by atoms with van der Waals surface area (Å²) in [6, 6.07) is 10.4. The quantitative estimate of drug-likeness (QED) is 0.818. The van der Waals surface area contributed by atoms with E-state index in [4.69, 9.17) is 14.2 Å². The molecule has 0 aliphatic carbocycles. The molecule has 2 aliphatic rings. The van der Waals surface area contributed by atoms with Crippen LogP contribution >= 0.6 is 0 Å². The molecule has 3 heteroatoms. The number of hydrogen-bond donors (Lipinski definition) is 0. The van der Waals surface area contributed by atoms with Crippen LogP contribution in [0.4, 0.5) is 0 Å². The second-order valence-corrected chi connectivity index (χ2v) is 5.38. The Balaban J connectivity index is 1.76. The van der Waals surface area contributed by atoms with Crippen LogP contribution in [-0.2, 0) is 14.2 Å². The van der Waals surface area contributed by atoms with E-state index in [1.807, 2.05) is 19.9 Å². The van der Waals surface area contributed by atoms with E-state index < -0.39 is 5.79 Å². The van der Waals surface area contributed by atoms with Crippen molar-refractivity contribution in [1.29, 1.82) is 0 Å². The smallest absolute Gasteiger partial charge is 0.192 e. The van der Waals surface area contributed by atoms with Crippen LogP contribution in [0, 0.1) is 0 Å². The van der Waals surface area contributed by atoms with Gasteiger partial charge in [0.2, 0.25) is 0 Å². The molecule has 0 spiro atoms. The molecule has 1 fully saturated rings. The SMILES string of the molecule is CC1COC(C)(C2CC(c3ccccc3)=CCO2)O1. The van der Waals surface area contributed by atoms with Crippen LogP contribution < -0.4 is 0 Å². The first-order valence-electron chi connectivity index (χ1n) is 6.85. The Morgan fingerprint density at radius 3 is 2.68 bits per heavy atom. The van der Waals surface area contributed by atoms with E-state index in [9.17, 15) is 0 Å². The zero-order valence-corrected chi connectivity index (χ0v) is 11.5. The highest BCUT2D eigenvalue weighted by atomic mass is 16.8. The van der Waals surface area contributed by atoms with Gasteiger partial charge in [-0.1, -0.05) is 36.4 Å². The van der Waals surface area contributed by atoms with E-state index in [-0.39, 0.29) is 12.2 Å². The van der Waals surface area contributed by atoms with Crippen molar-refractivity contribution in [2.24, 2.45) is 0 Å². The van der Waals surface area contributed by atoms with Crippen molar-refractivity contribution in [2.75, 3.05) is 13.2 Å². The molecule has 0 saturated carbocycles. The molecular formula is C16H20O3. The topological polar surface area (TPSA) is 27.7 Å². The maximum Gasteiger partial charge on any atom is 0.192 e. The van der Waals surface area contributed by atoms with Gasteiger partial charge in [-0.3, -0.25) is 0 Å². The monoisotopic (exact) mass is 260 g/mol. The molecule has 3 rings (SSSR count). The van der Waals surface area contributed by atoms with Gasteiger partial charge in [-0.05, 0) is 25.0 Å². The second-order valence-electron chi connectivity index (χ2n) is 5.38. The molecule has 0 amide bonds. The third kappa shape index (κ3) is 2.59. The number of rotatable bonds is 2. The Bertz CT molecular complexity index is 468. The van der Waals surface area contributed by atoms with Gasteiger partial charge >= 0.3 is 0 Å². The highest BCUT2D eigenvalue weighted by molar-refractivity contribution is 5.66. The van der Waals surface area contributed by atoms with Crippen LogP contribution in [0.5, 0.6) is 0 Å². The van der Waals surface area contributed by atoms with Crippen LogP contribution in [0.1, 0.15) is 25.8 Å². The summed E-state index contributed by atoms with van der Waals surface area (Å²) in [5, 5.41) is 0. The Morgan fingerprint density at radius 1 is 1.21 bits per heavy atom. The molecule has 3 nitrogen and oxygen atoms in total. The highest BCUT2D eigenvalue weighted by Gasteiger charge is 2.44. The van der Waals surface area contributed by atoms with Crippen LogP contribution in [0.25, 0.3) is 5.57 Å². The summed E-state index contributed by atoms with van der Waals surface area (Å²) in [4.78, 5) is 0. The first-order chi connectivity index (χ1) is 9.17. The van der Waals surface area contributed by atoms with Crippen molar-refractivity contribution in [3.63, 3.8) is 0 Å². The molecule has 2 heterocycles. The lowest BCUT2D eigenvalue weighted by atomic mass is 9.94. The van der Waals surface area contributed by atoms with Gasteiger partial charge in [0, 0.05) is 6.42 Å². The number of ether oxygens (including phenoxy) is 3. The van der Waals surface area contributed by atoms with Crippen molar-refractivity contribution in [2.45, 2.75) is 38.3 Å². The zero-order valence-electron chi connectivity index (χ0n) is 11.5. The van der Waals surface area contributed by atoms with Crippen molar-refractivity contribution in [3.8, 4) is 0 Å². The molecule has 1 aromatic rings. The van der Waals surface area contributed by atoms with Gasteiger partial charge in [-0.2, -0.15) is 0 Å². The predicted octanol–water partition coefficient (Wildman–Crippen LogP) is 3.01. The minimum absolute atomic E-state index is 0.0438. The molecule has 102 valence electrons. The van der Waals surface area contributed by atoms with Gasteiger partial charge in [-0.15, -0.1) is 0 Å². The minimum atomic E-state index is -0.617. The summed E-state index contributed by atoms with van der Waals surface area (Å²) in [7, 11) is 0. The van der Waals surface area contributed by atoms with Crippen molar-refractivity contribution < 1.29 is 14.2 Å². The summed E-state index contributed by atoms with van der Waals surface area (Å²) in [5.41, 5.74) is 2.57. The van der Waals surface area contributed by atoms with Crippen LogP contribution in [0.3, 0.4) is 0 Å². The second kappa shape index (κ2) is 5.08. The van der Waals surface area contributed by atoms with E-state index in [1.165, 1.54) is 11.1 Å². The number of hydrogen-bond acceptors (Lipinski definition) is 3. The first-order valence-corrected chi connectivity index (χ1v) is 6.85. The summed E-state index contributed by atoms with van der Waals surface area (Å²) in [6.45, 7) is 5.27. The lowest BCUT2D eigenvalue weighted by molar-refractivity contribution is -0.225. The lowest BCUT2D eigenvalue weighted by Gasteiger charge is -2.35. The predicted molar refractivity (Wildman–Crippen MR) is 73.7 cm³/mol. The third-order valence-electron chi connectivity index (χ3n) is 3.80. The Hall–Kier alpha value is -1.16. The number of benzene rings is 1. The van der Waals surface area contributed by atoms with Crippen LogP contribution in [0.15, 0.2) is 36.4 Å². The van der Waals surface area contributed by atoms with Gasteiger partial charge < -0.3 is 14.2 Å².